The minimum absolute atomic E-state index is 0.128. The molecule has 0 saturated carbocycles. The zero-order valence-electron chi connectivity index (χ0n) is 14.0. The predicted octanol–water partition coefficient (Wildman–Crippen LogP) is 4.36. The Labute approximate surface area is 153 Å². The highest BCUT2D eigenvalue weighted by atomic mass is 19.4. The van der Waals surface area contributed by atoms with Gasteiger partial charge in [0, 0.05) is 12.2 Å². The summed E-state index contributed by atoms with van der Waals surface area (Å²) in [5.74, 6) is -0.0539. The molecule has 0 unspecified atom stereocenters. The summed E-state index contributed by atoms with van der Waals surface area (Å²) in [4.78, 5) is 12.1. The minimum Gasteiger partial charge on any atom is -0.365 e. The molecule has 0 aliphatic rings. The van der Waals surface area contributed by atoms with Crippen molar-refractivity contribution in [1.29, 1.82) is 0 Å². The molecule has 8 heteroatoms. The summed E-state index contributed by atoms with van der Waals surface area (Å²) >= 11 is 0. The molecule has 5 nitrogen and oxygen atoms in total. The van der Waals surface area contributed by atoms with Gasteiger partial charge in [-0.15, -0.1) is 10.2 Å². The lowest BCUT2D eigenvalue weighted by Gasteiger charge is -2.10. The Balaban J connectivity index is 1.60. The van der Waals surface area contributed by atoms with Crippen LogP contribution in [0.4, 0.5) is 24.7 Å². The first-order valence-electron chi connectivity index (χ1n) is 8.02. The number of aromatic nitrogens is 2. The summed E-state index contributed by atoms with van der Waals surface area (Å²) in [5, 5.41) is 13.3. The van der Waals surface area contributed by atoms with Gasteiger partial charge >= 0.3 is 6.18 Å². The normalized spacial score (nSPS) is 11.1. The van der Waals surface area contributed by atoms with Crippen LogP contribution in [0.1, 0.15) is 21.6 Å². The molecule has 0 radical (unpaired) electrons. The van der Waals surface area contributed by atoms with Crippen LogP contribution in [0.3, 0.4) is 0 Å². The third kappa shape index (κ3) is 5.04. The molecular weight excluding hydrogens is 357 g/mol. The van der Waals surface area contributed by atoms with E-state index in [4.69, 9.17) is 0 Å². The van der Waals surface area contributed by atoms with Crippen molar-refractivity contribution in [2.24, 2.45) is 0 Å². The molecule has 1 heterocycles. The first kappa shape index (κ1) is 18.4. The van der Waals surface area contributed by atoms with Gasteiger partial charge in [0.2, 0.25) is 0 Å². The van der Waals surface area contributed by atoms with E-state index in [-0.39, 0.29) is 12.2 Å². The molecular formula is C19H15F3N4O. The topological polar surface area (TPSA) is 66.9 Å². The molecule has 1 amide bonds. The van der Waals surface area contributed by atoms with E-state index in [9.17, 15) is 18.0 Å². The highest BCUT2D eigenvalue weighted by Gasteiger charge is 2.30. The monoisotopic (exact) mass is 372 g/mol. The summed E-state index contributed by atoms with van der Waals surface area (Å²) in [6.45, 7) is 0.147. The standard InChI is InChI=1S/C19H15F3N4O/c20-19(21,22)14-6-4-5-13(11-14)12-23-17-10-9-16(25-26-17)18(27)24-15-7-2-1-3-8-15/h1-11H,12H2,(H,23,26)(H,24,27). The van der Waals surface area contributed by atoms with Crippen molar-refractivity contribution >= 4 is 17.4 Å². The van der Waals surface area contributed by atoms with Crippen LogP contribution in [-0.4, -0.2) is 16.1 Å². The number of hydrogen-bond donors (Lipinski definition) is 2. The van der Waals surface area contributed by atoms with Gasteiger partial charge in [-0.25, -0.2) is 0 Å². The molecule has 0 fully saturated rings. The Morgan fingerprint density at radius 2 is 1.70 bits per heavy atom. The van der Waals surface area contributed by atoms with Gasteiger partial charge in [-0.2, -0.15) is 13.2 Å². The highest BCUT2D eigenvalue weighted by Crippen LogP contribution is 2.29. The molecule has 2 aromatic carbocycles. The van der Waals surface area contributed by atoms with Gasteiger partial charge in [-0.3, -0.25) is 4.79 Å². The number of nitrogens with zero attached hydrogens (tertiary/aromatic N) is 2. The van der Waals surface area contributed by atoms with E-state index in [1.165, 1.54) is 12.1 Å². The molecule has 0 aliphatic carbocycles. The molecule has 138 valence electrons. The zero-order valence-corrected chi connectivity index (χ0v) is 14.0. The number of amides is 1. The maximum absolute atomic E-state index is 12.7. The molecule has 3 rings (SSSR count). The van der Waals surface area contributed by atoms with Gasteiger partial charge in [-0.05, 0) is 42.0 Å². The number of nitrogens with one attached hydrogen (secondary N) is 2. The van der Waals surface area contributed by atoms with Crippen molar-refractivity contribution in [3.63, 3.8) is 0 Å². The smallest absolute Gasteiger partial charge is 0.365 e. The highest BCUT2D eigenvalue weighted by molar-refractivity contribution is 6.02. The van der Waals surface area contributed by atoms with Crippen molar-refractivity contribution in [1.82, 2.24) is 10.2 Å². The van der Waals surface area contributed by atoms with Gasteiger partial charge < -0.3 is 10.6 Å². The summed E-state index contributed by atoms with van der Waals surface area (Å²) < 4.78 is 38.2. The fourth-order valence-corrected chi connectivity index (χ4v) is 2.31. The second kappa shape index (κ2) is 7.86. The van der Waals surface area contributed by atoms with Gasteiger partial charge in [0.25, 0.3) is 5.91 Å². The molecule has 3 aromatic rings. The van der Waals surface area contributed by atoms with Gasteiger partial charge in [0.15, 0.2) is 5.69 Å². The van der Waals surface area contributed by atoms with Gasteiger partial charge in [0.1, 0.15) is 5.82 Å². The number of benzene rings is 2. The average molecular weight is 372 g/mol. The summed E-state index contributed by atoms with van der Waals surface area (Å²) in [6, 6.07) is 17.0. The Bertz CT molecular complexity index is 912. The SMILES string of the molecule is O=C(Nc1ccccc1)c1ccc(NCc2cccc(C(F)(F)F)c2)nn1. The second-order valence-corrected chi connectivity index (χ2v) is 5.68. The maximum Gasteiger partial charge on any atom is 0.416 e. The minimum atomic E-state index is -4.39. The van der Waals surface area contributed by atoms with Crippen LogP contribution in [0.25, 0.3) is 0 Å². The quantitative estimate of drug-likeness (QED) is 0.698. The Morgan fingerprint density at radius 3 is 2.37 bits per heavy atom. The van der Waals surface area contributed by atoms with Crippen LogP contribution in [-0.2, 0) is 12.7 Å². The number of hydrogen-bond acceptors (Lipinski definition) is 4. The molecule has 1 aromatic heterocycles. The maximum atomic E-state index is 12.7. The third-order valence-corrected chi connectivity index (χ3v) is 3.66. The van der Waals surface area contributed by atoms with Crippen LogP contribution in [0.5, 0.6) is 0 Å². The number of carbonyl (C=O) groups excluding carboxylic acids is 1. The first-order chi connectivity index (χ1) is 12.9. The molecule has 0 bridgehead atoms. The van der Waals surface area contributed by atoms with E-state index in [0.29, 0.717) is 17.1 Å². The number of halogens is 3. The Kier molecular flexibility index (Phi) is 5.35. The van der Waals surface area contributed by atoms with E-state index < -0.39 is 17.6 Å². The lowest BCUT2D eigenvalue weighted by atomic mass is 10.1. The molecule has 2 N–H and O–H groups in total. The van der Waals surface area contributed by atoms with Crippen LogP contribution < -0.4 is 10.6 Å². The van der Waals surface area contributed by atoms with Gasteiger partial charge in [0.05, 0.1) is 5.56 Å². The number of carbonyl (C=O) groups is 1. The number of rotatable bonds is 5. The van der Waals surface area contributed by atoms with E-state index in [0.717, 1.165) is 12.1 Å². The third-order valence-electron chi connectivity index (χ3n) is 3.66. The Hall–Kier alpha value is -3.42. The van der Waals surface area contributed by atoms with Crippen molar-refractivity contribution in [3.05, 3.63) is 83.6 Å². The fourth-order valence-electron chi connectivity index (χ4n) is 2.31. The molecule has 0 atom stereocenters. The molecule has 0 spiro atoms. The van der Waals surface area contributed by atoms with Crippen LogP contribution >= 0.6 is 0 Å². The first-order valence-corrected chi connectivity index (χ1v) is 8.02. The molecule has 0 aliphatic heterocycles. The van der Waals surface area contributed by atoms with Crippen molar-refractivity contribution in [2.45, 2.75) is 12.7 Å². The number of anilines is 2. The number of para-hydroxylation sites is 1. The molecule has 27 heavy (non-hydrogen) atoms. The predicted molar refractivity (Wildman–Crippen MR) is 95.2 cm³/mol. The fraction of sp³-hybridized carbons (Fsp3) is 0.105. The van der Waals surface area contributed by atoms with E-state index in [1.54, 1.807) is 36.4 Å². The van der Waals surface area contributed by atoms with E-state index in [2.05, 4.69) is 20.8 Å². The van der Waals surface area contributed by atoms with Gasteiger partial charge in [-0.1, -0.05) is 30.3 Å². The summed E-state index contributed by atoms with van der Waals surface area (Å²) in [5.41, 5.74) is 0.512. The molecule has 0 saturated heterocycles. The summed E-state index contributed by atoms with van der Waals surface area (Å²) in [6.07, 6.45) is -4.39. The van der Waals surface area contributed by atoms with Crippen molar-refractivity contribution in [3.8, 4) is 0 Å². The lowest BCUT2D eigenvalue weighted by Crippen LogP contribution is -2.14. The number of alkyl halides is 3. The lowest BCUT2D eigenvalue weighted by molar-refractivity contribution is -0.137. The van der Waals surface area contributed by atoms with Crippen LogP contribution in [0.2, 0.25) is 0 Å². The largest absolute Gasteiger partial charge is 0.416 e. The Morgan fingerprint density at radius 1 is 0.926 bits per heavy atom. The van der Waals surface area contributed by atoms with Crippen molar-refractivity contribution < 1.29 is 18.0 Å². The zero-order chi connectivity index (χ0) is 19.3. The summed E-state index contributed by atoms with van der Waals surface area (Å²) in [7, 11) is 0. The average Bonchev–Trinajstić information content (AvgIpc) is 2.67. The van der Waals surface area contributed by atoms with Crippen LogP contribution in [0.15, 0.2) is 66.7 Å². The second-order valence-electron chi connectivity index (χ2n) is 5.68. The van der Waals surface area contributed by atoms with Crippen molar-refractivity contribution in [2.75, 3.05) is 10.6 Å². The van der Waals surface area contributed by atoms with E-state index >= 15 is 0 Å². The van der Waals surface area contributed by atoms with E-state index in [1.807, 2.05) is 6.07 Å². The van der Waals surface area contributed by atoms with Crippen LogP contribution in [0, 0.1) is 0 Å².